The number of carbonyl (C=O) groups excluding carboxylic acids is 1. The van der Waals surface area contributed by atoms with Crippen molar-refractivity contribution in [2.75, 3.05) is 24.6 Å². The maximum Gasteiger partial charge on any atom is 0.142 e. The van der Waals surface area contributed by atoms with Crippen LogP contribution in [0.4, 0.5) is 11.4 Å². The standard InChI is InChI=1S/C26H30N4O2/c1-19-5-3-12-29(19)13-4-14-32-23-9-10-26-20(15-23)7-8-21(18-31)30(26)22-16-25-24(28-17-22)6-2-11-27-25/h2,6,9-11,15-19,21H,3-5,7-8,12-14H2,1H3/t19-,21?/m1/s1. The fraction of sp³-hybridized carbons (Fsp3) is 0.423. The third kappa shape index (κ3) is 4.19. The van der Waals surface area contributed by atoms with Crippen LogP contribution in [0.1, 0.15) is 38.2 Å². The van der Waals surface area contributed by atoms with Gasteiger partial charge in [-0.25, -0.2) is 0 Å². The minimum absolute atomic E-state index is 0.209. The van der Waals surface area contributed by atoms with Crippen LogP contribution in [-0.2, 0) is 11.2 Å². The van der Waals surface area contributed by atoms with E-state index in [0.717, 1.165) is 66.9 Å². The summed E-state index contributed by atoms with van der Waals surface area (Å²) in [4.78, 5) is 25.5. The minimum atomic E-state index is -0.209. The molecule has 0 amide bonds. The first kappa shape index (κ1) is 20.9. The molecule has 4 heterocycles. The molecule has 166 valence electrons. The molecule has 1 fully saturated rings. The number of carbonyl (C=O) groups is 1. The van der Waals surface area contributed by atoms with Gasteiger partial charge in [0.05, 0.1) is 35.6 Å². The number of anilines is 2. The van der Waals surface area contributed by atoms with Crippen LogP contribution in [0, 0.1) is 0 Å². The number of aromatic nitrogens is 2. The predicted molar refractivity (Wildman–Crippen MR) is 127 cm³/mol. The van der Waals surface area contributed by atoms with Crippen molar-refractivity contribution in [3.8, 4) is 5.75 Å². The van der Waals surface area contributed by atoms with Crippen molar-refractivity contribution in [3.63, 3.8) is 0 Å². The summed E-state index contributed by atoms with van der Waals surface area (Å²) in [5.74, 6) is 0.904. The van der Waals surface area contributed by atoms with E-state index >= 15 is 0 Å². The fourth-order valence-electron chi connectivity index (χ4n) is 5.01. The van der Waals surface area contributed by atoms with E-state index in [4.69, 9.17) is 4.74 Å². The monoisotopic (exact) mass is 430 g/mol. The highest BCUT2D eigenvalue weighted by atomic mass is 16.5. The summed E-state index contributed by atoms with van der Waals surface area (Å²) in [7, 11) is 0. The predicted octanol–water partition coefficient (Wildman–Crippen LogP) is 4.53. The van der Waals surface area contributed by atoms with Crippen LogP contribution in [-0.4, -0.2) is 52.9 Å². The van der Waals surface area contributed by atoms with Crippen LogP contribution in [0.3, 0.4) is 0 Å². The maximum absolute atomic E-state index is 11.9. The topological polar surface area (TPSA) is 58.6 Å². The normalized spacial score (nSPS) is 21.0. The van der Waals surface area contributed by atoms with Gasteiger partial charge in [-0.3, -0.25) is 9.97 Å². The highest BCUT2D eigenvalue weighted by Crippen LogP contribution is 2.38. The molecule has 1 saturated heterocycles. The largest absolute Gasteiger partial charge is 0.494 e. The van der Waals surface area contributed by atoms with E-state index in [1.165, 1.54) is 24.9 Å². The van der Waals surface area contributed by atoms with Crippen molar-refractivity contribution in [3.05, 3.63) is 54.4 Å². The van der Waals surface area contributed by atoms with Gasteiger partial charge in [0.1, 0.15) is 12.0 Å². The van der Waals surface area contributed by atoms with Crippen LogP contribution in [0.25, 0.3) is 11.0 Å². The van der Waals surface area contributed by atoms with Gasteiger partial charge >= 0.3 is 0 Å². The quantitative estimate of drug-likeness (QED) is 0.405. The number of pyridine rings is 2. The Labute approximate surface area is 189 Å². The first-order chi connectivity index (χ1) is 15.7. The maximum atomic E-state index is 11.9. The van der Waals surface area contributed by atoms with Crippen LogP contribution in [0.5, 0.6) is 5.75 Å². The number of fused-ring (bicyclic) bond motifs is 2. The molecule has 0 radical (unpaired) electrons. The van der Waals surface area contributed by atoms with Gasteiger partial charge < -0.3 is 19.3 Å². The number of hydrogen-bond acceptors (Lipinski definition) is 6. The Balaban J connectivity index is 1.32. The highest BCUT2D eigenvalue weighted by molar-refractivity contribution is 5.83. The minimum Gasteiger partial charge on any atom is -0.494 e. The van der Waals surface area contributed by atoms with E-state index in [-0.39, 0.29) is 6.04 Å². The molecule has 0 aliphatic carbocycles. The molecule has 1 aromatic carbocycles. The van der Waals surface area contributed by atoms with E-state index in [1.807, 2.05) is 30.5 Å². The first-order valence-electron chi connectivity index (χ1n) is 11.7. The van der Waals surface area contributed by atoms with Gasteiger partial charge in [-0.15, -0.1) is 0 Å². The summed E-state index contributed by atoms with van der Waals surface area (Å²) in [6.45, 7) is 5.36. The summed E-state index contributed by atoms with van der Waals surface area (Å²) in [6.07, 6.45) is 9.93. The summed E-state index contributed by atoms with van der Waals surface area (Å²) >= 11 is 0. The Morgan fingerprint density at radius 3 is 2.94 bits per heavy atom. The lowest BCUT2D eigenvalue weighted by atomic mass is 9.95. The van der Waals surface area contributed by atoms with Crippen molar-refractivity contribution in [2.24, 2.45) is 0 Å². The molecule has 2 aliphatic rings. The molecule has 6 heteroatoms. The number of rotatable bonds is 7. The average Bonchev–Trinajstić information content (AvgIpc) is 3.25. The summed E-state index contributed by atoms with van der Waals surface area (Å²) in [5, 5.41) is 0. The molecule has 5 rings (SSSR count). The Morgan fingerprint density at radius 1 is 1.16 bits per heavy atom. The zero-order valence-electron chi connectivity index (χ0n) is 18.6. The van der Waals surface area contributed by atoms with Crippen LogP contribution in [0.2, 0.25) is 0 Å². The number of benzene rings is 1. The first-order valence-corrected chi connectivity index (χ1v) is 11.7. The third-order valence-corrected chi connectivity index (χ3v) is 6.77. The molecule has 6 nitrogen and oxygen atoms in total. The zero-order chi connectivity index (χ0) is 21.9. The Kier molecular flexibility index (Phi) is 6.04. The van der Waals surface area contributed by atoms with Gasteiger partial charge in [0.2, 0.25) is 0 Å². The number of likely N-dealkylation sites (tertiary alicyclic amines) is 1. The molecule has 2 aliphatic heterocycles. The van der Waals surface area contributed by atoms with Crippen molar-refractivity contribution < 1.29 is 9.53 Å². The number of hydrogen-bond donors (Lipinski definition) is 0. The Hall–Kier alpha value is -2.99. The van der Waals surface area contributed by atoms with Gasteiger partial charge in [0, 0.05) is 24.5 Å². The molecule has 0 saturated carbocycles. The Morgan fingerprint density at radius 2 is 2.09 bits per heavy atom. The summed E-state index contributed by atoms with van der Waals surface area (Å²) < 4.78 is 6.08. The van der Waals surface area contributed by atoms with E-state index in [0.29, 0.717) is 6.04 Å². The molecule has 0 bridgehead atoms. The lowest BCUT2D eigenvalue weighted by Crippen LogP contribution is -2.36. The molecule has 0 N–H and O–H groups in total. The van der Waals surface area contributed by atoms with Crippen LogP contribution in [0.15, 0.2) is 48.8 Å². The lowest BCUT2D eigenvalue weighted by Gasteiger charge is -2.36. The van der Waals surface area contributed by atoms with Gasteiger partial charge in [0.15, 0.2) is 0 Å². The zero-order valence-corrected chi connectivity index (χ0v) is 18.6. The fourth-order valence-corrected chi connectivity index (χ4v) is 5.01. The molecule has 2 atom stereocenters. The van der Waals surface area contributed by atoms with Gasteiger partial charge in [-0.1, -0.05) is 0 Å². The molecular formula is C26H30N4O2. The number of ether oxygens (including phenoxy) is 1. The van der Waals surface area contributed by atoms with Crippen molar-refractivity contribution >= 4 is 28.7 Å². The van der Waals surface area contributed by atoms with E-state index in [9.17, 15) is 4.79 Å². The second kappa shape index (κ2) is 9.25. The molecular weight excluding hydrogens is 400 g/mol. The van der Waals surface area contributed by atoms with Crippen molar-refractivity contribution in [1.29, 1.82) is 0 Å². The van der Waals surface area contributed by atoms with Crippen LogP contribution < -0.4 is 9.64 Å². The van der Waals surface area contributed by atoms with Gasteiger partial charge in [0.25, 0.3) is 0 Å². The van der Waals surface area contributed by atoms with E-state index in [1.54, 1.807) is 6.20 Å². The summed E-state index contributed by atoms with van der Waals surface area (Å²) in [5.41, 5.74) is 4.82. The molecule has 1 unspecified atom stereocenters. The Bertz CT molecular complexity index is 1100. The lowest BCUT2D eigenvalue weighted by molar-refractivity contribution is -0.109. The third-order valence-electron chi connectivity index (χ3n) is 6.77. The second-order valence-electron chi connectivity index (χ2n) is 8.87. The smallest absolute Gasteiger partial charge is 0.142 e. The molecule has 2 aromatic heterocycles. The number of nitrogens with zero attached hydrogens (tertiary/aromatic N) is 4. The van der Waals surface area contributed by atoms with Crippen molar-refractivity contribution in [1.82, 2.24) is 14.9 Å². The van der Waals surface area contributed by atoms with Gasteiger partial charge in [-0.2, -0.15) is 0 Å². The summed E-state index contributed by atoms with van der Waals surface area (Å²) in [6, 6.07) is 12.6. The molecule has 32 heavy (non-hydrogen) atoms. The number of aryl methyl sites for hydroxylation is 1. The second-order valence-corrected chi connectivity index (χ2v) is 8.87. The SMILES string of the molecule is C[C@@H]1CCCN1CCCOc1ccc2c(c1)CCC(C=O)N2c1cnc2cccnc2c1. The van der Waals surface area contributed by atoms with Gasteiger partial charge in [-0.05, 0) is 87.5 Å². The van der Waals surface area contributed by atoms with E-state index in [2.05, 4.69) is 38.8 Å². The molecule has 3 aromatic rings. The van der Waals surface area contributed by atoms with Crippen LogP contribution >= 0.6 is 0 Å². The average molecular weight is 431 g/mol. The highest BCUT2D eigenvalue weighted by Gasteiger charge is 2.28. The van der Waals surface area contributed by atoms with E-state index < -0.39 is 0 Å². The number of aldehydes is 1. The van der Waals surface area contributed by atoms with Crippen molar-refractivity contribution in [2.45, 2.75) is 51.1 Å². The molecule has 0 spiro atoms.